The van der Waals surface area contributed by atoms with Crippen molar-refractivity contribution in [3.05, 3.63) is 69.8 Å². The van der Waals surface area contributed by atoms with Gasteiger partial charge in [0, 0.05) is 30.6 Å². The molecular formula is C19H23N3O3. The molecule has 3 unspecified atom stereocenters. The lowest BCUT2D eigenvalue weighted by Gasteiger charge is -2.26. The highest BCUT2D eigenvalue weighted by molar-refractivity contribution is 5.38. The van der Waals surface area contributed by atoms with Crippen LogP contribution in [0.2, 0.25) is 0 Å². The largest absolute Gasteiger partial charge is 0.486 e. The second-order valence-electron chi connectivity index (χ2n) is 6.70. The Hall–Kier alpha value is -2.44. The first-order valence-corrected chi connectivity index (χ1v) is 8.37. The Morgan fingerprint density at radius 1 is 1.08 bits per heavy atom. The van der Waals surface area contributed by atoms with Gasteiger partial charge in [-0.3, -0.25) is 10.1 Å². The fourth-order valence-corrected chi connectivity index (χ4v) is 3.43. The number of nitrogens with zero attached hydrogens (tertiary/aromatic N) is 2. The van der Waals surface area contributed by atoms with Crippen LogP contribution in [-0.4, -0.2) is 30.0 Å². The summed E-state index contributed by atoms with van der Waals surface area (Å²) in [5.41, 5.74) is 8.77. The monoisotopic (exact) mass is 341 g/mol. The molecule has 0 saturated heterocycles. The Morgan fingerprint density at radius 2 is 1.72 bits per heavy atom. The quantitative estimate of drug-likeness (QED) is 0.523. The highest BCUT2D eigenvalue weighted by Gasteiger charge is 2.30. The first-order valence-electron chi connectivity index (χ1n) is 8.37. The average molecular weight is 341 g/mol. The number of nitro benzene ring substituents is 1. The number of rotatable bonds is 4. The molecular weight excluding hydrogens is 318 g/mol. The molecule has 6 heteroatoms. The van der Waals surface area contributed by atoms with Crippen LogP contribution >= 0.6 is 0 Å². The normalized spacial score (nSPS) is 23.0. The van der Waals surface area contributed by atoms with Gasteiger partial charge in [0.05, 0.1) is 4.92 Å². The van der Waals surface area contributed by atoms with Crippen molar-refractivity contribution < 1.29 is 9.66 Å². The van der Waals surface area contributed by atoms with Gasteiger partial charge in [0.25, 0.3) is 5.69 Å². The molecule has 0 spiro atoms. The van der Waals surface area contributed by atoms with Crippen molar-refractivity contribution in [3.8, 4) is 5.75 Å². The molecule has 0 amide bonds. The van der Waals surface area contributed by atoms with Crippen molar-refractivity contribution in [3.63, 3.8) is 0 Å². The minimum atomic E-state index is -0.414. The standard InChI is InChI=1S/C19H23N3O3/c1-21(2)18-11-13(20)12-19(17-6-4-3-5-16(17)18)25-15-9-7-14(8-10-15)22(23)24/h3-10,13,18-19H,11-12,20H2,1-2H3. The number of hydrogen-bond donors (Lipinski definition) is 1. The summed E-state index contributed by atoms with van der Waals surface area (Å²) in [6.45, 7) is 0. The van der Waals surface area contributed by atoms with Gasteiger partial charge in [-0.2, -0.15) is 0 Å². The molecule has 25 heavy (non-hydrogen) atoms. The molecule has 1 aliphatic carbocycles. The van der Waals surface area contributed by atoms with Gasteiger partial charge in [-0.05, 0) is 43.8 Å². The van der Waals surface area contributed by atoms with Gasteiger partial charge >= 0.3 is 0 Å². The molecule has 0 saturated carbocycles. The van der Waals surface area contributed by atoms with Gasteiger partial charge in [0.1, 0.15) is 11.9 Å². The number of hydrogen-bond acceptors (Lipinski definition) is 5. The summed E-state index contributed by atoms with van der Waals surface area (Å²) in [6, 6.07) is 14.7. The van der Waals surface area contributed by atoms with E-state index in [2.05, 4.69) is 31.1 Å². The Labute approximate surface area is 147 Å². The lowest BCUT2D eigenvalue weighted by Crippen LogP contribution is -2.28. The highest BCUT2D eigenvalue weighted by Crippen LogP contribution is 2.38. The van der Waals surface area contributed by atoms with Crippen molar-refractivity contribution in [1.29, 1.82) is 0 Å². The summed E-state index contributed by atoms with van der Waals surface area (Å²) in [6.07, 6.45) is 1.40. The van der Waals surface area contributed by atoms with Gasteiger partial charge in [0.2, 0.25) is 0 Å². The summed E-state index contributed by atoms with van der Waals surface area (Å²) >= 11 is 0. The van der Waals surface area contributed by atoms with E-state index in [-0.39, 0.29) is 23.9 Å². The topological polar surface area (TPSA) is 81.6 Å². The maximum Gasteiger partial charge on any atom is 0.269 e. The second-order valence-corrected chi connectivity index (χ2v) is 6.70. The van der Waals surface area contributed by atoms with Crippen molar-refractivity contribution in [2.75, 3.05) is 14.1 Å². The molecule has 2 aromatic rings. The molecule has 0 radical (unpaired) electrons. The van der Waals surface area contributed by atoms with Crippen LogP contribution in [0.25, 0.3) is 0 Å². The van der Waals surface area contributed by atoms with E-state index in [9.17, 15) is 10.1 Å². The van der Waals surface area contributed by atoms with Crippen LogP contribution in [0.4, 0.5) is 5.69 Å². The minimum Gasteiger partial charge on any atom is -0.486 e. The summed E-state index contributed by atoms with van der Waals surface area (Å²) in [7, 11) is 4.12. The van der Waals surface area contributed by atoms with Crippen LogP contribution in [0.15, 0.2) is 48.5 Å². The van der Waals surface area contributed by atoms with E-state index in [1.54, 1.807) is 12.1 Å². The van der Waals surface area contributed by atoms with Crippen molar-refractivity contribution in [2.24, 2.45) is 5.73 Å². The summed E-state index contributed by atoms with van der Waals surface area (Å²) in [5, 5.41) is 10.8. The molecule has 0 aliphatic heterocycles. The molecule has 1 aliphatic rings. The third-order valence-electron chi connectivity index (χ3n) is 4.69. The van der Waals surface area contributed by atoms with E-state index in [0.717, 1.165) is 12.0 Å². The number of nitrogens with two attached hydrogens (primary N) is 1. The molecule has 0 bridgehead atoms. The highest BCUT2D eigenvalue weighted by atomic mass is 16.6. The molecule has 2 N–H and O–H groups in total. The third kappa shape index (κ3) is 3.81. The fraction of sp³-hybridized carbons (Fsp3) is 0.368. The second kappa shape index (κ2) is 7.21. The zero-order chi connectivity index (χ0) is 18.0. The predicted octanol–water partition coefficient (Wildman–Crippen LogP) is 3.44. The Kier molecular flexibility index (Phi) is 5.01. The van der Waals surface area contributed by atoms with E-state index in [0.29, 0.717) is 12.2 Å². The van der Waals surface area contributed by atoms with Crippen LogP contribution in [0.5, 0.6) is 5.75 Å². The first-order chi connectivity index (χ1) is 12.0. The van der Waals surface area contributed by atoms with Gasteiger partial charge in [-0.15, -0.1) is 0 Å². The maximum atomic E-state index is 10.8. The van der Waals surface area contributed by atoms with E-state index in [1.165, 1.54) is 17.7 Å². The Balaban J connectivity index is 1.91. The molecule has 2 aromatic carbocycles. The molecule has 0 fully saturated rings. The van der Waals surface area contributed by atoms with Gasteiger partial charge in [-0.25, -0.2) is 0 Å². The minimum absolute atomic E-state index is 0.0165. The van der Waals surface area contributed by atoms with E-state index >= 15 is 0 Å². The number of fused-ring (bicyclic) bond motifs is 1. The van der Waals surface area contributed by atoms with Crippen LogP contribution in [-0.2, 0) is 0 Å². The van der Waals surface area contributed by atoms with Crippen molar-refractivity contribution in [1.82, 2.24) is 4.90 Å². The number of non-ortho nitro benzene ring substituents is 1. The summed E-state index contributed by atoms with van der Waals surface area (Å²) in [4.78, 5) is 12.6. The molecule has 0 heterocycles. The average Bonchev–Trinajstić information content (AvgIpc) is 2.72. The molecule has 0 aromatic heterocycles. The smallest absolute Gasteiger partial charge is 0.269 e. The fourth-order valence-electron chi connectivity index (χ4n) is 3.43. The van der Waals surface area contributed by atoms with Crippen LogP contribution in [0.1, 0.15) is 36.1 Å². The molecule has 3 rings (SSSR count). The van der Waals surface area contributed by atoms with Crippen LogP contribution < -0.4 is 10.5 Å². The Bertz CT molecular complexity index is 746. The zero-order valence-electron chi connectivity index (χ0n) is 14.5. The SMILES string of the molecule is CN(C)C1CC(N)CC(Oc2ccc([N+](=O)[O-])cc2)c2ccccc21. The van der Waals surface area contributed by atoms with E-state index < -0.39 is 4.92 Å². The molecule has 6 nitrogen and oxygen atoms in total. The van der Waals surface area contributed by atoms with Crippen molar-refractivity contribution >= 4 is 5.69 Å². The van der Waals surface area contributed by atoms with Crippen LogP contribution in [0.3, 0.4) is 0 Å². The van der Waals surface area contributed by atoms with Crippen LogP contribution in [0, 0.1) is 10.1 Å². The number of benzene rings is 2. The predicted molar refractivity (Wildman–Crippen MR) is 96.5 cm³/mol. The summed E-state index contributed by atoms with van der Waals surface area (Å²) in [5.74, 6) is 0.612. The zero-order valence-corrected chi connectivity index (χ0v) is 14.5. The van der Waals surface area contributed by atoms with E-state index in [4.69, 9.17) is 10.5 Å². The Morgan fingerprint density at radius 3 is 2.32 bits per heavy atom. The lowest BCUT2D eigenvalue weighted by atomic mass is 9.97. The van der Waals surface area contributed by atoms with Gasteiger partial charge in [-0.1, -0.05) is 24.3 Å². The molecule has 3 atom stereocenters. The molecule has 132 valence electrons. The first kappa shape index (κ1) is 17.4. The lowest BCUT2D eigenvalue weighted by molar-refractivity contribution is -0.384. The maximum absolute atomic E-state index is 10.8. The van der Waals surface area contributed by atoms with Gasteiger partial charge in [0.15, 0.2) is 0 Å². The van der Waals surface area contributed by atoms with Gasteiger partial charge < -0.3 is 15.4 Å². The van der Waals surface area contributed by atoms with Crippen molar-refractivity contribution in [2.45, 2.75) is 31.0 Å². The van der Waals surface area contributed by atoms with E-state index in [1.807, 2.05) is 12.1 Å². The summed E-state index contributed by atoms with van der Waals surface area (Å²) < 4.78 is 6.17. The number of nitro groups is 1. The number of ether oxygens (including phenoxy) is 1. The third-order valence-corrected chi connectivity index (χ3v) is 4.69.